The molecule has 1 saturated carbocycles. The maximum Gasteiger partial charge on any atom is 0.163 e. The van der Waals surface area contributed by atoms with E-state index in [1.165, 1.54) is 0 Å². The Hall–Kier alpha value is -2.08. The van der Waals surface area contributed by atoms with Crippen LogP contribution in [0.1, 0.15) is 26.2 Å². The van der Waals surface area contributed by atoms with Gasteiger partial charge >= 0.3 is 0 Å². The molecule has 0 amide bonds. The van der Waals surface area contributed by atoms with E-state index in [0.29, 0.717) is 23.5 Å². The fraction of sp³-hybridized carbons (Fsp3) is 0.529. The lowest BCUT2D eigenvalue weighted by Crippen LogP contribution is -2.34. The minimum Gasteiger partial charge on any atom is -0.493 e. The maximum absolute atomic E-state index is 9.83. The predicted octanol–water partition coefficient (Wildman–Crippen LogP) is 2.61. The zero-order valence-corrected chi connectivity index (χ0v) is 13.7. The average Bonchev–Trinajstić information content (AvgIpc) is 2.56. The van der Waals surface area contributed by atoms with Crippen molar-refractivity contribution in [3.8, 4) is 11.5 Å². The van der Waals surface area contributed by atoms with Gasteiger partial charge in [-0.2, -0.15) is 0 Å². The van der Waals surface area contributed by atoms with Crippen molar-refractivity contribution in [2.24, 2.45) is 5.92 Å². The van der Waals surface area contributed by atoms with Crippen LogP contribution in [0.4, 0.5) is 5.82 Å². The van der Waals surface area contributed by atoms with E-state index >= 15 is 0 Å². The summed E-state index contributed by atoms with van der Waals surface area (Å²) in [6.07, 6.45) is 4.26. The minimum absolute atomic E-state index is 0.188. The van der Waals surface area contributed by atoms with Crippen molar-refractivity contribution in [2.75, 3.05) is 19.5 Å². The quantitative estimate of drug-likeness (QED) is 0.903. The lowest BCUT2D eigenvalue weighted by atomic mass is 9.84. The van der Waals surface area contributed by atoms with Crippen LogP contribution in [0.2, 0.25) is 0 Å². The summed E-state index contributed by atoms with van der Waals surface area (Å²) in [5, 5.41) is 13.3. The van der Waals surface area contributed by atoms with Crippen molar-refractivity contribution in [3.63, 3.8) is 0 Å². The van der Waals surface area contributed by atoms with Gasteiger partial charge in [0.15, 0.2) is 11.5 Å². The Morgan fingerprint density at radius 3 is 2.48 bits per heavy atom. The monoisotopic (exact) mass is 317 g/mol. The van der Waals surface area contributed by atoms with Crippen LogP contribution in [-0.2, 0) is 0 Å². The van der Waals surface area contributed by atoms with Crippen molar-refractivity contribution < 1.29 is 14.6 Å². The Labute approximate surface area is 135 Å². The van der Waals surface area contributed by atoms with Crippen molar-refractivity contribution in [1.29, 1.82) is 0 Å². The van der Waals surface area contributed by atoms with E-state index in [1.807, 2.05) is 12.1 Å². The Bertz CT molecular complexity index is 692. The number of ether oxygens (including phenoxy) is 2. The molecule has 2 aromatic rings. The number of fused-ring (bicyclic) bond motifs is 1. The Balaban J connectivity index is 1.82. The first kappa shape index (κ1) is 15.8. The third-order valence-electron chi connectivity index (χ3n) is 4.52. The van der Waals surface area contributed by atoms with Crippen LogP contribution < -0.4 is 14.8 Å². The van der Waals surface area contributed by atoms with E-state index in [1.54, 1.807) is 20.4 Å². The van der Waals surface area contributed by atoms with Crippen molar-refractivity contribution in [2.45, 2.75) is 38.3 Å². The summed E-state index contributed by atoms with van der Waals surface area (Å²) in [7, 11) is 3.21. The summed E-state index contributed by atoms with van der Waals surface area (Å²) in [4.78, 5) is 9.08. The number of rotatable bonds is 4. The molecule has 6 nitrogen and oxygen atoms in total. The van der Waals surface area contributed by atoms with Gasteiger partial charge in [-0.1, -0.05) is 6.92 Å². The average molecular weight is 317 g/mol. The van der Waals surface area contributed by atoms with Crippen molar-refractivity contribution >= 4 is 16.9 Å². The molecule has 1 fully saturated rings. The van der Waals surface area contributed by atoms with Crippen LogP contribution >= 0.6 is 0 Å². The molecule has 3 unspecified atom stereocenters. The molecule has 3 rings (SSSR count). The molecule has 3 atom stereocenters. The van der Waals surface area contributed by atoms with Crippen LogP contribution in [0.25, 0.3) is 11.0 Å². The molecule has 6 heteroatoms. The number of aromatic nitrogens is 2. The molecule has 0 radical (unpaired) electrons. The summed E-state index contributed by atoms with van der Waals surface area (Å²) in [5.41, 5.74) is 1.53. The van der Waals surface area contributed by atoms with Crippen LogP contribution in [0, 0.1) is 5.92 Å². The highest BCUT2D eigenvalue weighted by Crippen LogP contribution is 2.31. The minimum atomic E-state index is -0.188. The van der Waals surface area contributed by atoms with E-state index in [-0.39, 0.29) is 6.10 Å². The fourth-order valence-electron chi connectivity index (χ4n) is 3.13. The van der Waals surface area contributed by atoms with Gasteiger partial charge in [-0.25, -0.2) is 4.98 Å². The van der Waals surface area contributed by atoms with Gasteiger partial charge in [0.2, 0.25) is 0 Å². The number of nitrogens with one attached hydrogen (secondary N) is 1. The molecule has 0 aliphatic heterocycles. The lowest BCUT2D eigenvalue weighted by Gasteiger charge is -2.31. The highest BCUT2D eigenvalue weighted by molar-refractivity contribution is 5.80. The smallest absolute Gasteiger partial charge is 0.163 e. The Kier molecular flexibility index (Phi) is 4.52. The van der Waals surface area contributed by atoms with Gasteiger partial charge < -0.3 is 19.9 Å². The molecular formula is C17H23N3O3. The van der Waals surface area contributed by atoms with Crippen LogP contribution in [0.15, 0.2) is 18.3 Å². The second-order valence-electron chi connectivity index (χ2n) is 6.15. The number of hydrogen-bond acceptors (Lipinski definition) is 6. The summed E-state index contributed by atoms with van der Waals surface area (Å²) in [6, 6.07) is 3.98. The van der Waals surface area contributed by atoms with Crippen LogP contribution in [-0.4, -0.2) is 41.4 Å². The Morgan fingerprint density at radius 2 is 1.83 bits per heavy atom. The van der Waals surface area contributed by atoms with Crippen molar-refractivity contribution in [1.82, 2.24) is 9.97 Å². The lowest BCUT2D eigenvalue weighted by molar-refractivity contribution is 0.0748. The van der Waals surface area contributed by atoms with Gasteiger partial charge in [-0.15, -0.1) is 0 Å². The number of nitrogens with zero attached hydrogens (tertiary/aromatic N) is 2. The third kappa shape index (κ3) is 3.32. The number of benzene rings is 1. The van der Waals surface area contributed by atoms with Gasteiger partial charge in [-0.05, 0) is 25.2 Å². The SMILES string of the molecule is COc1cc2ncc(NC3CCC(O)C(C)C3)nc2cc1OC. The standard InChI is InChI=1S/C17H23N3O3/c1-10-6-11(4-5-14(10)21)19-17-9-18-12-7-15(22-2)16(23-3)8-13(12)20-17/h7-11,14,21H,4-6H2,1-3H3,(H,19,20). The molecule has 1 aromatic heterocycles. The summed E-state index contributed by atoms with van der Waals surface area (Å²) >= 11 is 0. The zero-order chi connectivity index (χ0) is 16.4. The topological polar surface area (TPSA) is 76.5 Å². The summed E-state index contributed by atoms with van der Waals surface area (Å²) < 4.78 is 10.6. The number of aliphatic hydroxyl groups is 1. The van der Waals surface area contributed by atoms with Crippen molar-refractivity contribution in [3.05, 3.63) is 18.3 Å². The predicted molar refractivity (Wildman–Crippen MR) is 89.1 cm³/mol. The summed E-state index contributed by atoms with van der Waals surface area (Å²) in [6.45, 7) is 2.09. The van der Waals surface area contributed by atoms with E-state index in [4.69, 9.17) is 9.47 Å². The van der Waals surface area contributed by atoms with Gasteiger partial charge in [0.25, 0.3) is 0 Å². The molecule has 2 N–H and O–H groups in total. The highest BCUT2D eigenvalue weighted by Gasteiger charge is 2.26. The molecule has 0 bridgehead atoms. The molecule has 124 valence electrons. The Morgan fingerprint density at radius 1 is 1.13 bits per heavy atom. The van der Waals surface area contributed by atoms with E-state index in [0.717, 1.165) is 36.1 Å². The molecule has 0 saturated heterocycles. The molecule has 0 spiro atoms. The molecule has 1 aliphatic carbocycles. The van der Waals surface area contributed by atoms with Gasteiger partial charge in [0.05, 0.1) is 37.6 Å². The molecular weight excluding hydrogens is 294 g/mol. The van der Waals surface area contributed by atoms with Gasteiger partial charge in [0, 0.05) is 18.2 Å². The van der Waals surface area contributed by atoms with Crippen LogP contribution in [0.5, 0.6) is 11.5 Å². The summed E-state index contributed by atoms with van der Waals surface area (Å²) in [5.74, 6) is 2.34. The molecule has 1 aliphatic rings. The normalized spacial score (nSPS) is 24.4. The second-order valence-corrected chi connectivity index (χ2v) is 6.15. The largest absolute Gasteiger partial charge is 0.493 e. The molecule has 23 heavy (non-hydrogen) atoms. The van der Waals surface area contributed by atoms with Crippen LogP contribution in [0.3, 0.4) is 0 Å². The van der Waals surface area contributed by atoms with Gasteiger partial charge in [-0.3, -0.25) is 4.98 Å². The number of aliphatic hydroxyl groups excluding tert-OH is 1. The second kappa shape index (κ2) is 6.58. The van der Waals surface area contributed by atoms with E-state index in [9.17, 15) is 5.11 Å². The fourth-order valence-corrected chi connectivity index (χ4v) is 3.13. The van der Waals surface area contributed by atoms with E-state index in [2.05, 4.69) is 22.2 Å². The number of hydrogen-bond donors (Lipinski definition) is 2. The first-order valence-corrected chi connectivity index (χ1v) is 7.94. The van der Waals surface area contributed by atoms with E-state index < -0.39 is 0 Å². The third-order valence-corrected chi connectivity index (χ3v) is 4.52. The first-order valence-electron chi connectivity index (χ1n) is 7.94. The maximum atomic E-state index is 9.83. The first-order chi connectivity index (χ1) is 11.1. The zero-order valence-electron chi connectivity index (χ0n) is 13.7. The highest BCUT2D eigenvalue weighted by atomic mass is 16.5. The molecule has 1 aromatic carbocycles. The van der Waals surface area contributed by atoms with Gasteiger partial charge in [0.1, 0.15) is 5.82 Å². The molecule has 1 heterocycles. The number of anilines is 1. The number of methoxy groups -OCH3 is 2.